The first-order chi connectivity index (χ1) is 16.4. The minimum absolute atomic E-state index is 0.0106. The number of rotatable bonds is 11. The van der Waals surface area contributed by atoms with Gasteiger partial charge in [0.2, 0.25) is 16.9 Å². The van der Waals surface area contributed by atoms with Gasteiger partial charge in [0.15, 0.2) is 0 Å². The molecule has 0 fully saturated rings. The zero-order valence-electron chi connectivity index (χ0n) is 19.9. The van der Waals surface area contributed by atoms with Crippen molar-refractivity contribution >= 4 is 28.3 Å². The lowest BCUT2D eigenvalue weighted by Crippen LogP contribution is -2.41. The molecule has 0 aliphatic heterocycles. The molecule has 8 nitrogen and oxygen atoms in total. The van der Waals surface area contributed by atoms with Gasteiger partial charge in [-0.2, -0.15) is 0 Å². The summed E-state index contributed by atoms with van der Waals surface area (Å²) in [6, 6.07) is 15.0. The van der Waals surface area contributed by atoms with E-state index in [1.54, 1.807) is 19.1 Å². The number of anilines is 1. The second-order valence-corrected chi connectivity index (χ2v) is 8.79. The third-order valence-corrected chi connectivity index (χ3v) is 6.41. The average molecular weight is 483 g/mol. The zero-order valence-corrected chi connectivity index (χ0v) is 20.7. The molecule has 3 aromatic rings. The van der Waals surface area contributed by atoms with Crippen LogP contribution in [-0.2, 0) is 16.0 Å². The summed E-state index contributed by atoms with van der Waals surface area (Å²) < 4.78 is 10.4. The Morgan fingerprint density at radius 1 is 1.06 bits per heavy atom. The molecule has 180 valence electrons. The molecular weight excluding hydrogens is 452 g/mol. The third kappa shape index (κ3) is 6.77. The highest BCUT2D eigenvalue weighted by Gasteiger charge is 2.21. The Hall–Kier alpha value is -3.46. The molecule has 1 N–H and O–H groups in total. The zero-order chi connectivity index (χ0) is 24.5. The number of methoxy groups -OCH3 is 2. The average Bonchev–Trinajstić information content (AvgIpc) is 3.32. The van der Waals surface area contributed by atoms with Gasteiger partial charge >= 0.3 is 0 Å². The van der Waals surface area contributed by atoms with Crippen LogP contribution in [0.3, 0.4) is 0 Å². The van der Waals surface area contributed by atoms with Crippen molar-refractivity contribution in [1.82, 2.24) is 15.1 Å². The number of ether oxygens (including phenoxy) is 2. The van der Waals surface area contributed by atoms with Gasteiger partial charge in [0.1, 0.15) is 16.5 Å². The number of hydrogen-bond donors (Lipinski definition) is 1. The molecule has 9 heteroatoms. The van der Waals surface area contributed by atoms with Gasteiger partial charge in [-0.05, 0) is 43.2 Å². The number of carbonyl (C=O) groups excluding carboxylic acids is 2. The van der Waals surface area contributed by atoms with E-state index in [0.717, 1.165) is 29.0 Å². The van der Waals surface area contributed by atoms with Crippen molar-refractivity contribution < 1.29 is 19.1 Å². The van der Waals surface area contributed by atoms with Gasteiger partial charge in [-0.25, -0.2) is 0 Å². The van der Waals surface area contributed by atoms with Crippen LogP contribution in [0.2, 0.25) is 0 Å². The quantitative estimate of drug-likeness (QED) is 0.435. The largest absolute Gasteiger partial charge is 0.497 e. The monoisotopic (exact) mass is 482 g/mol. The Bertz CT molecular complexity index is 1100. The smallest absolute Gasteiger partial charge is 0.227 e. The van der Waals surface area contributed by atoms with Crippen molar-refractivity contribution in [1.29, 1.82) is 0 Å². The van der Waals surface area contributed by atoms with E-state index < -0.39 is 0 Å². The van der Waals surface area contributed by atoms with E-state index in [-0.39, 0.29) is 30.7 Å². The van der Waals surface area contributed by atoms with E-state index in [1.165, 1.54) is 11.3 Å². The van der Waals surface area contributed by atoms with Crippen molar-refractivity contribution in [3.63, 3.8) is 0 Å². The van der Waals surface area contributed by atoms with E-state index in [9.17, 15) is 9.59 Å². The Balaban J connectivity index is 1.58. The second kappa shape index (κ2) is 12.1. The fourth-order valence-electron chi connectivity index (χ4n) is 3.38. The fourth-order valence-corrected chi connectivity index (χ4v) is 4.14. The number of aromatic nitrogens is 2. The maximum absolute atomic E-state index is 13.0. The van der Waals surface area contributed by atoms with Crippen LogP contribution in [-0.4, -0.2) is 53.7 Å². The van der Waals surface area contributed by atoms with E-state index in [1.807, 2.05) is 62.4 Å². The molecule has 1 aromatic heterocycles. The van der Waals surface area contributed by atoms with E-state index in [4.69, 9.17) is 9.47 Å². The number of amides is 2. The van der Waals surface area contributed by atoms with Gasteiger partial charge in [-0.15, -0.1) is 10.2 Å². The number of carbonyl (C=O) groups is 2. The Labute approximate surface area is 203 Å². The summed E-state index contributed by atoms with van der Waals surface area (Å²) in [6.45, 7) is 4.35. The van der Waals surface area contributed by atoms with Crippen LogP contribution in [0.1, 0.15) is 32.3 Å². The van der Waals surface area contributed by atoms with Crippen molar-refractivity contribution in [3.8, 4) is 22.1 Å². The molecule has 0 spiro atoms. The SMILES string of the molecule is CC[C@H](C)N(CCC(=O)Nc1nnc(-c2cccc(OC)c2)s1)C(=O)Cc1ccc(OC)cc1. The maximum Gasteiger partial charge on any atom is 0.227 e. The molecule has 2 amide bonds. The van der Waals surface area contributed by atoms with Crippen LogP contribution in [0.4, 0.5) is 5.13 Å². The van der Waals surface area contributed by atoms with E-state index >= 15 is 0 Å². The lowest BCUT2D eigenvalue weighted by Gasteiger charge is -2.28. The molecule has 0 saturated heterocycles. The Morgan fingerprint density at radius 2 is 1.79 bits per heavy atom. The van der Waals surface area contributed by atoms with Gasteiger partial charge in [0, 0.05) is 24.6 Å². The molecule has 0 bridgehead atoms. The van der Waals surface area contributed by atoms with Crippen molar-refractivity contribution in [2.45, 2.75) is 39.2 Å². The standard InChI is InChI=1S/C25H30N4O4S/c1-5-17(2)29(23(31)15-18-9-11-20(32-3)12-10-18)14-13-22(30)26-25-28-27-24(34-25)19-7-6-8-21(16-19)33-4/h6-12,16-17H,5,13-15H2,1-4H3,(H,26,28,30)/t17-/m0/s1. The predicted octanol–water partition coefficient (Wildman–Crippen LogP) is 4.42. The molecule has 0 radical (unpaired) electrons. The highest BCUT2D eigenvalue weighted by molar-refractivity contribution is 7.18. The molecule has 0 unspecified atom stereocenters. The molecular formula is C25H30N4O4S. The van der Waals surface area contributed by atoms with E-state index in [0.29, 0.717) is 16.7 Å². The van der Waals surface area contributed by atoms with Crippen molar-refractivity contribution in [3.05, 3.63) is 54.1 Å². The van der Waals surface area contributed by atoms with Gasteiger partial charge in [-0.1, -0.05) is 42.5 Å². The van der Waals surface area contributed by atoms with Gasteiger partial charge < -0.3 is 19.7 Å². The number of hydrogen-bond acceptors (Lipinski definition) is 7. The first-order valence-corrected chi connectivity index (χ1v) is 11.9. The number of nitrogens with one attached hydrogen (secondary N) is 1. The highest BCUT2D eigenvalue weighted by Crippen LogP contribution is 2.28. The molecule has 1 heterocycles. The lowest BCUT2D eigenvalue weighted by atomic mass is 10.1. The number of nitrogens with zero attached hydrogens (tertiary/aromatic N) is 3. The van der Waals surface area contributed by atoms with Crippen LogP contribution in [0, 0.1) is 0 Å². The molecule has 3 rings (SSSR count). The first-order valence-electron chi connectivity index (χ1n) is 11.1. The summed E-state index contributed by atoms with van der Waals surface area (Å²) in [7, 11) is 3.21. The van der Waals surface area contributed by atoms with Crippen LogP contribution in [0.15, 0.2) is 48.5 Å². The summed E-state index contributed by atoms with van der Waals surface area (Å²) >= 11 is 1.29. The molecule has 0 aliphatic rings. The van der Waals surface area contributed by atoms with Gasteiger partial charge in [0.05, 0.1) is 20.6 Å². The number of benzene rings is 2. The lowest BCUT2D eigenvalue weighted by molar-refractivity contribution is -0.133. The summed E-state index contributed by atoms with van der Waals surface area (Å²) in [5.41, 5.74) is 1.77. The highest BCUT2D eigenvalue weighted by atomic mass is 32.1. The summed E-state index contributed by atoms with van der Waals surface area (Å²) in [4.78, 5) is 27.3. The topological polar surface area (TPSA) is 93.7 Å². The van der Waals surface area contributed by atoms with Crippen LogP contribution < -0.4 is 14.8 Å². The van der Waals surface area contributed by atoms with E-state index in [2.05, 4.69) is 15.5 Å². The molecule has 0 saturated carbocycles. The minimum Gasteiger partial charge on any atom is -0.497 e. The van der Waals surface area contributed by atoms with Crippen LogP contribution >= 0.6 is 11.3 Å². The van der Waals surface area contributed by atoms with Crippen LogP contribution in [0.25, 0.3) is 10.6 Å². The third-order valence-electron chi connectivity index (χ3n) is 5.53. The molecule has 2 aromatic carbocycles. The Morgan fingerprint density at radius 3 is 2.47 bits per heavy atom. The Kier molecular flexibility index (Phi) is 8.98. The maximum atomic E-state index is 13.0. The summed E-state index contributed by atoms with van der Waals surface area (Å²) in [6.07, 6.45) is 1.25. The first kappa shape index (κ1) is 25.2. The molecule has 34 heavy (non-hydrogen) atoms. The summed E-state index contributed by atoms with van der Waals surface area (Å²) in [5.74, 6) is 1.25. The van der Waals surface area contributed by atoms with Crippen molar-refractivity contribution in [2.24, 2.45) is 0 Å². The predicted molar refractivity (Wildman–Crippen MR) is 133 cm³/mol. The minimum atomic E-state index is -0.209. The van der Waals surface area contributed by atoms with Gasteiger partial charge in [0.25, 0.3) is 0 Å². The van der Waals surface area contributed by atoms with Gasteiger partial charge in [-0.3, -0.25) is 9.59 Å². The fraction of sp³-hybridized carbons (Fsp3) is 0.360. The second-order valence-electron chi connectivity index (χ2n) is 7.81. The van der Waals surface area contributed by atoms with Crippen LogP contribution in [0.5, 0.6) is 11.5 Å². The summed E-state index contributed by atoms with van der Waals surface area (Å²) in [5, 5.41) is 12.1. The molecule has 0 aliphatic carbocycles. The normalized spacial score (nSPS) is 11.5. The van der Waals surface area contributed by atoms with Crippen molar-refractivity contribution in [2.75, 3.05) is 26.1 Å². The molecule has 1 atom stereocenters.